The second-order valence-electron chi connectivity index (χ2n) is 10.4. The molecule has 0 bridgehead atoms. The number of hydrogen-bond donors (Lipinski definition) is 0. The molecule has 0 N–H and O–H groups in total. The third kappa shape index (κ3) is 3.02. The zero-order valence-electron chi connectivity index (χ0n) is 20.2. The Morgan fingerprint density at radius 2 is 1.17 bits per heavy atom. The Bertz CT molecular complexity index is 1760. The molecule has 6 aromatic rings. The molecule has 0 saturated carbocycles. The van der Waals surface area contributed by atoms with Crippen molar-refractivity contribution in [3.8, 4) is 11.1 Å². The largest absolute Gasteiger partial charge is 0.494 e. The molecule has 0 spiro atoms. The van der Waals surface area contributed by atoms with Gasteiger partial charge in [0.1, 0.15) is 22.3 Å². The smallest absolute Gasteiger partial charge is 0.456 e. The van der Waals surface area contributed by atoms with Crippen molar-refractivity contribution in [1.29, 1.82) is 0 Å². The molecule has 2 aromatic heterocycles. The minimum Gasteiger partial charge on any atom is -0.456 e. The lowest BCUT2D eigenvalue weighted by Crippen LogP contribution is -2.41. The van der Waals surface area contributed by atoms with Gasteiger partial charge in [-0.25, -0.2) is 0 Å². The van der Waals surface area contributed by atoms with Crippen molar-refractivity contribution < 1.29 is 18.1 Å². The first kappa shape index (κ1) is 20.8. The zero-order chi connectivity index (χ0) is 23.9. The van der Waals surface area contributed by atoms with Crippen molar-refractivity contribution in [2.45, 2.75) is 38.9 Å². The molecule has 4 aromatic carbocycles. The lowest BCUT2D eigenvalue weighted by Gasteiger charge is -2.32. The SMILES string of the molecule is CC1(C)OB(c2cccc(-c3ccc4c(c3)oc3ccc5oc6ccccc6c5c34)c2)OC1(C)C. The summed E-state index contributed by atoms with van der Waals surface area (Å²) in [5.74, 6) is 0. The van der Waals surface area contributed by atoms with Gasteiger partial charge < -0.3 is 18.1 Å². The molecule has 35 heavy (non-hydrogen) atoms. The molecule has 4 nitrogen and oxygen atoms in total. The highest BCUT2D eigenvalue weighted by molar-refractivity contribution is 6.62. The molecule has 0 atom stereocenters. The maximum absolute atomic E-state index is 6.33. The van der Waals surface area contributed by atoms with Crippen molar-refractivity contribution >= 4 is 56.5 Å². The lowest BCUT2D eigenvalue weighted by atomic mass is 9.78. The Morgan fingerprint density at radius 3 is 1.91 bits per heavy atom. The molecule has 7 rings (SSSR count). The Morgan fingerprint density at radius 1 is 0.543 bits per heavy atom. The highest BCUT2D eigenvalue weighted by atomic mass is 16.7. The molecule has 1 saturated heterocycles. The maximum atomic E-state index is 6.33. The average molecular weight is 460 g/mol. The van der Waals surface area contributed by atoms with Crippen LogP contribution < -0.4 is 5.46 Å². The summed E-state index contributed by atoms with van der Waals surface area (Å²) in [7, 11) is -0.391. The molecule has 5 heteroatoms. The van der Waals surface area contributed by atoms with Crippen molar-refractivity contribution in [1.82, 2.24) is 0 Å². The fourth-order valence-electron chi connectivity index (χ4n) is 5.11. The summed E-state index contributed by atoms with van der Waals surface area (Å²) in [5.41, 5.74) is 5.94. The second kappa shape index (κ2) is 7.00. The highest BCUT2D eigenvalue weighted by Gasteiger charge is 2.51. The van der Waals surface area contributed by atoms with E-state index in [1.807, 2.05) is 30.3 Å². The van der Waals surface area contributed by atoms with Gasteiger partial charge in [0, 0.05) is 21.5 Å². The summed E-state index contributed by atoms with van der Waals surface area (Å²) in [6, 6.07) is 27.0. The van der Waals surface area contributed by atoms with Crippen LogP contribution in [-0.2, 0) is 9.31 Å². The van der Waals surface area contributed by atoms with E-state index >= 15 is 0 Å². The van der Waals surface area contributed by atoms with Crippen LogP contribution in [-0.4, -0.2) is 18.3 Å². The van der Waals surface area contributed by atoms with Crippen LogP contribution in [0.3, 0.4) is 0 Å². The topological polar surface area (TPSA) is 44.7 Å². The van der Waals surface area contributed by atoms with Gasteiger partial charge in [0.2, 0.25) is 0 Å². The van der Waals surface area contributed by atoms with Gasteiger partial charge in [0.15, 0.2) is 0 Å². The minimum absolute atomic E-state index is 0.372. The normalized spacial score (nSPS) is 17.3. The van der Waals surface area contributed by atoms with Crippen LogP contribution in [0.1, 0.15) is 27.7 Å². The molecule has 1 aliphatic rings. The highest BCUT2D eigenvalue weighted by Crippen LogP contribution is 2.41. The van der Waals surface area contributed by atoms with Crippen LogP contribution >= 0.6 is 0 Å². The number of rotatable bonds is 2. The Kier molecular flexibility index (Phi) is 4.16. The number of fused-ring (bicyclic) bond motifs is 7. The Balaban J connectivity index is 1.35. The molecule has 0 amide bonds. The van der Waals surface area contributed by atoms with Crippen LogP contribution in [0.2, 0.25) is 0 Å². The Hall–Kier alpha value is -3.54. The van der Waals surface area contributed by atoms with Crippen LogP contribution in [0.4, 0.5) is 0 Å². The van der Waals surface area contributed by atoms with Gasteiger partial charge in [0.25, 0.3) is 0 Å². The molecule has 1 fully saturated rings. The number of hydrogen-bond acceptors (Lipinski definition) is 4. The van der Waals surface area contributed by atoms with E-state index in [0.29, 0.717) is 0 Å². The van der Waals surface area contributed by atoms with Crippen molar-refractivity contribution in [3.63, 3.8) is 0 Å². The standard InChI is InChI=1S/C30H25BO4/c1-29(2)30(3,4)35-31(34-29)20-9-7-8-18(16-20)19-12-13-22-26(17-19)33-25-15-14-24-27(28(22)25)21-10-5-6-11-23(21)32-24/h5-17H,1-4H3. The van der Waals surface area contributed by atoms with Crippen LogP contribution in [0.5, 0.6) is 0 Å². The molecular formula is C30H25BO4. The molecular weight excluding hydrogens is 435 g/mol. The van der Waals surface area contributed by atoms with Crippen molar-refractivity contribution in [2.24, 2.45) is 0 Å². The van der Waals surface area contributed by atoms with Crippen LogP contribution in [0, 0.1) is 0 Å². The first-order valence-electron chi connectivity index (χ1n) is 12.0. The fourth-order valence-corrected chi connectivity index (χ4v) is 5.11. The van der Waals surface area contributed by atoms with E-state index < -0.39 is 7.12 Å². The molecule has 1 aliphatic heterocycles. The molecule has 3 heterocycles. The first-order valence-corrected chi connectivity index (χ1v) is 12.0. The van der Waals surface area contributed by atoms with Gasteiger partial charge in [-0.15, -0.1) is 0 Å². The monoisotopic (exact) mass is 460 g/mol. The van der Waals surface area contributed by atoms with Gasteiger partial charge >= 0.3 is 7.12 Å². The second-order valence-corrected chi connectivity index (χ2v) is 10.4. The third-order valence-electron chi connectivity index (χ3n) is 7.72. The summed E-state index contributed by atoms with van der Waals surface area (Å²) in [6.45, 7) is 8.30. The van der Waals surface area contributed by atoms with Gasteiger partial charge in [-0.1, -0.05) is 48.5 Å². The predicted molar refractivity (Wildman–Crippen MR) is 142 cm³/mol. The van der Waals surface area contributed by atoms with E-state index in [-0.39, 0.29) is 11.2 Å². The third-order valence-corrected chi connectivity index (χ3v) is 7.72. The number of benzene rings is 4. The van der Waals surface area contributed by atoms with Gasteiger partial charge in [-0.05, 0) is 74.6 Å². The quantitative estimate of drug-likeness (QED) is 0.252. The summed E-state index contributed by atoms with van der Waals surface area (Å²) in [4.78, 5) is 0. The summed E-state index contributed by atoms with van der Waals surface area (Å²) >= 11 is 0. The lowest BCUT2D eigenvalue weighted by molar-refractivity contribution is 0.00578. The molecule has 0 radical (unpaired) electrons. The van der Waals surface area contributed by atoms with E-state index in [1.54, 1.807) is 0 Å². The van der Waals surface area contributed by atoms with Gasteiger partial charge in [-0.3, -0.25) is 0 Å². The minimum atomic E-state index is -0.391. The Labute approximate surface area is 203 Å². The van der Waals surface area contributed by atoms with E-state index in [9.17, 15) is 0 Å². The van der Waals surface area contributed by atoms with E-state index in [2.05, 4.69) is 76.2 Å². The van der Waals surface area contributed by atoms with Gasteiger partial charge in [-0.2, -0.15) is 0 Å². The van der Waals surface area contributed by atoms with Crippen molar-refractivity contribution in [2.75, 3.05) is 0 Å². The molecule has 0 unspecified atom stereocenters. The zero-order valence-corrected chi connectivity index (χ0v) is 20.2. The van der Waals surface area contributed by atoms with Crippen molar-refractivity contribution in [3.05, 3.63) is 78.9 Å². The predicted octanol–water partition coefficient (Wildman–Crippen LogP) is 7.45. The average Bonchev–Trinajstić information content (AvgIpc) is 3.46. The first-order chi connectivity index (χ1) is 16.8. The van der Waals surface area contributed by atoms with Crippen LogP contribution in [0.15, 0.2) is 87.7 Å². The fraction of sp³-hybridized carbons (Fsp3) is 0.200. The number of furan rings is 2. The summed E-state index contributed by atoms with van der Waals surface area (Å²) in [6.07, 6.45) is 0. The van der Waals surface area contributed by atoms with E-state index in [4.69, 9.17) is 18.1 Å². The van der Waals surface area contributed by atoms with Crippen LogP contribution in [0.25, 0.3) is 55.0 Å². The molecule has 0 aliphatic carbocycles. The number of para-hydroxylation sites is 1. The summed E-state index contributed by atoms with van der Waals surface area (Å²) < 4.78 is 25.0. The maximum Gasteiger partial charge on any atom is 0.494 e. The van der Waals surface area contributed by atoms with Gasteiger partial charge in [0.05, 0.1) is 11.2 Å². The molecule has 172 valence electrons. The van der Waals surface area contributed by atoms with E-state index in [1.165, 1.54) is 0 Å². The summed E-state index contributed by atoms with van der Waals surface area (Å²) in [5, 5.41) is 4.39. The van der Waals surface area contributed by atoms with E-state index in [0.717, 1.165) is 60.5 Å².